The second-order valence-corrected chi connectivity index (χ2v) is 4.48. The van der Waals surface area contributed by atoms with Crippen molar-refractivity contribution >= 4 is 0 Å². The van der Waals surface area contributed by atoms with Crippen molar-refractivity contribution in [2.75, 3.05) is 0 Å². The summed E-state index contributed by atoms with van der Waals surface area (Å²) in [7, 11) is 0. The Morgan fingerprint density at radius 1 is 1.36 bits per heavy atom. The van der Waals surface area contributed by atoms with E-state index in [1.54, 1.807) is 20.0 Å². The third-order valence-electron chi connectivity index (χ3n) is 2.10. The fourth-order valence-corrected chi connectivity index (χ4v) is 1.33. The highest BCUT2D eigenvalue weighted by Gasteiger charge is 2.21. The molecule has 3 heteroatoms. The van der Waals surface area contributed by atoms with E-state index >= 15 is 0 Å². The van der Waals surface area contributed by atoms with Crippen LogP contribution in [0, 0.1) is 6.92 Å². The van der Waals surface area contributed by atoms with Crippen LogP contribution in [0.5, 0.6) is 0 Å². The Kier molecular flexibility index (Phi) is 2.90. The minimum Gasteiger partial charge on any atom is -0.382 e. The number of nitrogens with zero attached hydrogens (tertiary/aromatic N) is 2. The Morgan fingerprint density at radius 3 is 2.36 bits per heavy atom. The molecule has 0 amide bonds. The summed E-state index contributed by atoms with van der Waals surface area (Å²) in [6.07, 6.45) is 1.77. The Hall–Kier alpha value is -0.960. The van der Waals surface area contributed by atoms with Gasteiger partial charge in [0.2, 0.25) is 0 Å². The van der Waals surface area contributed by atoms with Crippen molar-refractivity contribution in [3.63, 3.8) is 0 Å². The van der Waals surface area contributed by atoms with Crippen molar-refractivity contribution in [2.24, 2.45) is 0 Å². The highest BCUT2D eigenvalue weighted by molar-refractivity contribution is 5.20. The quantitative estimate of drug-likeness (QED) is 0.784. The number of hydrogen-bond donors (Lipinski definition) is 1. The van der Waals surface area contributed by atoms with Gasteiger partial charge in [0.25, 0.3) is 0 Å². The summed E-state index contributed by atoms with van der Waals surface area (Å²) in [5.74, 6) is 0.853. The largest absolute Gasteiger partial charge is 0.382 e. The molecule has 0 spiro atoms. The number of aliphatic hydroxyl groups is 1. The van der Waals surface area contributed by atoms with Crippen LogP contribution in [0.1, 0.15) is 50.7 Å². The zero-order chi connectivity index (χ0) is 10.9. The lowest BCUT2D eigenvalue weighted by molar-refractivity contribution is 0.0683. The highest BCUT2D eigenvalue weighted by atomic mass is 16.3. The molecule has 0 saturated carbocycles. The first-order valence-electron chi connectivity index (χ1n) is 4.88. The van der Waals surface area contributed by atoms with Gasteiger partial charge in [-0.05, 0) is 32.3 Å². The first-order chi connectivity index (χ1) is 6.32. The zero-order valence-corrected chi connectivity index (χ0v) is 9.50. The Balaban J connectivity index is 3.20. The lowest BCUT2D eigenvalue weighted by Gasteiger charge is -2.18. The van der Waals surface area contributed by atoms with E-state index in [1.807, 2.05) is 6.92 Å². The molecule has 0 saturated heterocycles. The molecule has 3 nitrogen and oxygen atoms in total. The molecular formula is C11H18N2O. The van der Waals surface area contributed by atoms with Gasteiger partial charge >= 0.3 is 0 Å². The summed E-state index contributed by atoms with van der Waals surface area (Å²) in [4.78, 5) is 8.51. The van der Waals surface area contributed by atoms with Crippen molar-refractivity contribution in [1.29, 1.82) is 0 Å². The smallest absolute Gasteiger partial charge is 0.159 e. The normalized spacial score (nSPS) is 12.2. The molecule has 1 aromatic heterocycles. The van der Waals surface area contributed by atoms with E-state index in [1.165, 1.54) is 0 Å². The summed E-state index contributed by atoms with van der Waals surface area (Å²) in [6.45, 7) is 9.56. The molecule has 1 heterocycles. The third-order valence-corrected chi connectivity index (χ3v) is 2.10. The van der Waals surface area contributed by atoms with Gasteiger partial charge in [0, 0.05) is 11.9 Å². The molecule has 1 N–H and O–H groups in total. The number of aromatic nitrogens is 2. The first-order valence-corrected chi connectivity index (χ1v) is 4.88. The maximum atomic E-state index is 9.76. The van der Waals surface area contributed by atoms with Crippen molar-refractivity contribution in [2.45, 2.75) is 46.1 Å². The van der Waals surface area contributed by atoms with E-state index in [2.05, 4.69) is 23.8 Å². The molecule has 0 atom stereocenters. The van der Waals surface area contributed by atoms with E-state index in [-0.39, 0.29) is 0 Å². The summed E-state index contributed by atoms with van der Waals surface area (Å²) in [6, 6.07) is 0. The average molecular weight is 194 g/mol. The predicted octanol–water partition coefficient (Wildman–Crippen LogP) is 2.14. The fourth-order valence-electron chi connectivity index (χ4n) is 1.33. The van der Waals surface area contributed by atoms with E-state index < -0.39 is 5.60 Å². The van der Waals surface area contributed by atoms with E-state index in [0.29, 0.717) is 11.7 Å². The molecule has 0 fully saturated rings. The maximum absolute atomic E-state index is 9.76. The summed E-state index contributed by atoms with van der Waals surface area (Å²) >= 11 is 0. The van der Waals surface area contributed by atoms with Crippen LogP contribution in [-0.4, -0.2) is 15.1 Å². The monoisotopic (exact) mass is 194 g/mol. The van der Waals surface area contributed by atoms with Crippen LogP contribution in [0.25, 0.3) is 0 Å². The van der Waals surface area contributed by atoms with Gasteiger partial charge in [-0.25, -0.2) is 9.97 Å². The van der Waals surface area contributed by atoms with Gasteiger partial charge < -0.3 is 5.11 Å². The molecule has 0 unspecified atom stereocenters. The molecule has 0 bridgehead atoms. The predicted molar refractivity (Wildman–Crippen MR) is 56.1 cm³/mol. The van der Waals surface area contributed by atoms with Crippen molar-refractivity contribution in [1.82, 2.24) is 9.97 Å². The summed E-state index contributed by atoms with van der Waals surface area (Å²) in [5, 5.41) is 9.76. The molecule has 14 heavy (non-hydrogen) atoms. The Bertz CT molecular complexity index is 327. The van der Waals surface area contributed by atoms with Gasteiger partial charge in [-0.2, -0.15) is 0 Å². The summed E-state index contributed by atoms with van der Waals surface area (Å²) < 4.78 is 0. The van der Waals surface area contributed by atoms with Crippen LogP contribution < -0.4 is 0 Å². The molecule has 1 aromatic rings. The van der Waals surface area contributed by atoms with Crippen LogP contribution in [0.15, 0.2) is 6.20 Å². The minimum absolute atomic E-state index is 0.360. The number of aryl methyl sites for hydroxylation is 1. The van der Waals surface area contributed by atoms with E-state index in [4.69, 9.17) is 0 Å². The van der Waals surface area contributed by atoms with Gasteiger partial charge in [-0.15, -0.1) is 0 Å². The van der Waals surface area contributed by atoms with E-state index in [0.717, 1.165) is 11.3 Å². The second-order valence-electron chi connectivity index (χ2n) is 4.48. The van der Waals surface area contributed by atoms with Crippen molar-refractivity contribution in [3.05, 3.63) is 23.3 Å². The van der Waals surface area contributed by atoms with E-state index in [9.17, 15) is 5.11 Å². The lowest BCUT2D eigenvalue weighted by atomic mass is 10.0. The van der Waals surface area contributed by atoms with Crippen molar-refractivity contribution < 1.29 is 5.11 Å². The molecular weight excluding hydrogens is 176 g/mol. The zero-order valence-electron chi connectivity index (χ0n) is 9.50. The highest BCUT2D eigenvalue weighted by Crippen LogP contribution is 2.20. The van der Waals surface area contributed by atoms with Gasteiger partial charge in [0.15, 0.2) is 5.82 Å². The summed E-state index contributed by atoms with van der Waals surface area (Å²) in [5.41, 5.74) is 1.13. The molecule has 0 aliphatic heterocycles. The topological polar surface area (TPSA) is 46.0 Å². The second kappa shape index (κ2) is 3.65. The Morgan fingerprint density at radius 2 is 1.93 bits per heavy atom. The third kappa shape index (κ3) is 2.29. The molecule has 0 aromatic carbocycles. The van der Waals surface area contributed by atoms with Crippen LogP contribution in [0.3, 0.4) is 0 Å². The molecule has 0 aliphatic carbocycles. The standard InChI is InChI=1S/C11H18N2O/c1-7(2)9-8(3)6-12-10(13-9)11(4,5)14/h6-7,14H,1-5H3. The molecule has 0 radical (unpaired) electrons. The molecule has 1 rings (SSSR count). The Labute approximate surface area is 85.2 Å². The minimum atomic E-state index is -0.961. The van der Waals surface area contributed by atoms with Crippen LogP contribution in [0.2, 0.25) is 0 Å². The lowest BCUT2D eigenvalue weighted by Crippen LogP contribution is -2.21. The molecule has 78 valence electrons. The van der Waals surface area contributed by atoms with Gasteiger partial charge in [-0.1, -0.05) is 13.8 Å². The van der Waals surface area contributed by atoms with Crippen LogP contribution in [-0.2, 0) is 5.60 Å². The van der Waals surface area contributed by atoms with Crippen molar-refractivity contribution in [3.8, 4) is 0 Å². The van der Waals surface area contributed by atoms with Gasteiger partial charge in [-0.3, -0.25) is 0 Å². The number of hydrogen-bond acceptors (Lipinski definition) is 3. The number of rotatable bonds is 2. The van der Waals surface area contributed by atoms with Crippen LogP contribution in [0.4, 0.5) is 0 Å². The van der Waals surface area contributed by atoms with Gasteiger partial charge in [0.1, 0.15) is 5.60 Å². The first kappa shape index (κ1) is 11.1. The SMILES string of the molecule is Cc1cnc(C(C)(C)O)nc1C(C)C. The van der Waals surface area contributed by atoms with Gasteiger partial charge in [0.05, 0.1) is 0 Å². The maximum Gasteiger partial charge on any atom is 0.159 e. The molecule has 0 aliphatic rings. The van der Waals surface area contributed by atoms with Crippen LogP contribution >= 0.6 is 0 Å². The fraction of sp³-hybridized carbons (Fsp3) is 0.636. The average Bonchev–Trinajstić information content (AvgIpc) is 2.02.